The molecule has 178 valence electrons. The number of H-pyrrole nitrogens is 1. The minimum absolute atomic E-state index is 0.0404. The topological polar surface area (TPSA) is 100 Å². The standard InChI is InChI=1S/C27H28N6O2/c1-5-25(34)33-13-17(14-33)18-8-6-7-9-23(18)32(4)24-11-10-19(27(28)35)26-20(24)12-22(29-26)21-15-31(3)30-16(21)2/h5-12,15,17,29H,1,13-14H2,2-4H3,(H2,28,35). The quantitative estimate of drug-likeness (QED) is 0.420. The lowest BCUT2D eigenvalue weighted by Crippen LogP contribution is -2.48. The van der Waals surface area contributed by atoms with Crippen LogP contribution in [0.5, 0.6) is 0 Å². The van der Waals surface area contributed by atoms with E-state index in [-0.39, 0.29) is 11.8 Å². The van der Waals surface area contributed by atoms with Crippen LogP contribution in [0, 0.1) is 6.92 Å². The van der Waals surface area contributed by atoms with E-state index in [1.165, 1.54) is 11.6 Å². The maximum atomic E-state index is 12.2. The largest absolute Gasteiger partial charge is 0.366 e. The molecule has 8 nitrogen and oxygen atoms in total. The molecule has 1 aliphatic heterocycles. The number of primary amides is 1. The summed E-state index contributed by atoms with van der Waals surface area (Å²) in [5.41, 5.74) is 12.8. The molecule has 3 N–H and O–H groups in total. The van der Waals surface area contributed by atoms with E-state index in [9.17, 15) is 9.59 Å². The number of anilines is 2. The van der Waals surface area contributed by atoms with Gasteiger partial charge < -0.3 is 20.5 Å². The zero-order chi connectivity index (χ0) is 24.9. The van der Waals surface area contributed by atoms with Gasteiger partial charge in [0.1, 0.15) is 0 Å². The van der Waals surface area contributed by atoms with Crippen molar-refractivity contribution >= 4 is 34.1 Å². The summed E-state index contributed by atoms with van der Waals surface area (Å²) in [4.78, 5) is 31.5. The van der Waals surface area contributed by atoms with E-state index in [1.807, 2.05) is 51.5 Å². The Bertz CT molecular complexity index is 1470. The first kappa shape index (κ1) is 22.5. The zero-order valence-corrected chi connectivity index (χ0v) is 20.1. The molecule has 4 aromatic rings. The molecule has 0 saturated carbocycles. The van der Waals surface area contributed by atoms with Gasteiger partial charge >= 0.3 is 0 Å². The molecule has 35 heavy (non-hydrogen) atoms. The Labute approximate surface area is 203 Å². The Kier molecular flexibility index (Phi) is 5.43. The summed E-state index contributed by atoms with van der Waals surface area (Å²) >= 11 is 0. The first-order valence-corrected chi connectivity index (χ1v) is 11.5. The minimum atomic E-state index is -0.484. The number of nitrogens with zero attached hydrogens (tertiary/aromatic N) is 4. The van der Waals surface area contributed by atoms with Crippen LogP contribution in [-0.4, -0.2) is 51.6 Å². The summed E-state index contributed by atoms with van der Waals surface area (Å²) in [6.45, 7) is 6.88. The third-order valence-electron chi connectivity index (χ3n) is 6.81. The second-order valence-electron chi connectivity index (χ2n) is 9.03. The van der Waals surface area contributed by atoms with Crippen LogP contribution < -0.4 is 10.6 Å². The van der Waals surface area contributed by atoms with Crippen molar-refractivity contribution in [1.29, 1.82) is 0 Å². The normalized spacial score (nSPS) is 13.6. The number of hydrogen-bond donors (Lipinski definition) is 2. The van der Waals surface area contributed by atoms with E-state index >= 15 is 0 Å². The number of aryl methyl sites for hydroxylation is 2. The maximum Gasteiger partial charge on any atom is 0.250 e. The average molecular weight is 469 g/mol. The van der Waals surface area contributed by atoms with Crippen molar-refractivity contribution in [2.75, 3.05) is 25.0 Å². The van der Waals surface area contributed by atoms with Crippen LogP contribution in [0.1, 0.15) is 27.5 Å². The van der Waals surface area contributed by atoms with Crippen LogP contribution in [0.2, 0.25) is 0 Å². The molecule has 8 heteroatoms. The van der Waals surface area contributed by atoms with Gasteiger partial charge in [0.05, 0.1) is 22.5 Å². The van der Waals surface area contributed by atoms with Crippen molar-refractivity contribution in [2.24, 2.45) is 12.8 Å². The number of aromatic nitrogens is 3. The predicted molar refractivity (Wildman–Crippen MR) is 138 cm³/mol. The summed E-state index contributed by atoms with van der Waals surface area (Å²) < 4.78 is 1.77. The minimum Gasteiger partial charge on any atom is -0.366 e. The van der Waals surface area contributed by atoms with E-state index in [0.717, 1.165) is 33.7 Å². The Morgan fingerprint density at radius 2 is 1.94 bits per heavy atom. The van der Waals surface area contributed by atoms with Gasteiger partial charge in [0, 0.05) is 61.6 Å². The van der Waals surface area contributed by atoms with E-state index in [4.69, 9.17) is 5.73 Å². The third kappa shape index (κ3) is 3.77. The number of carbonyl (C=O) groups is 2. The molecular formula is C27H28N6O2. The Morgan fingerprint density at radius 1 is 1.20 bits per heavy atom. The van der Waals surface area contributed by atoms with E-state index in [2.05, 4.69) is 33.7 Å². The van der Waals surface area contributed by atoms with Crippen LogP contribution >= 0.6 is 0 Å². The lowest BCUT2D eigenvalue weighted by atomic mass is 9.89. The van der Waals surface area contributed by atoms with Gasteiger partial charge in [-0.15, -0.1) is 0 Å². The Morgan fingerprint density at radius 3 is 2.60 bits per heavy atom. The Balaban J connectivity index is 1.59. The Hall–Kier alpha value is -4.33. The van der Waals surface area contributed by atoms with Crippen molar-refractivity contribution in [3.8, 4) is 11.3 Å². The van der Waals surface area contributed by atoms with Crippen molar-refractivity contribution in [3.05, 3.63) is 78.1 Å². The molecule has 5 rings (SSSR count). The molecule has 0 spiro atoms. The number of nitrogens with one attached hydrogen (secondary N) is 1. The van der Waals surface area contributed by atoms with E-state index in [1.54, 1.807) is 15.6 Å². The summed E-state index contributed by atoms with van der Waals surface area (Å²) in [6.07, 6.45) is 3.31. The predicted octanol–water partition coefficient (Wildman–Crippen LogP) is 3.86. The molecule has 2 amide bonds. The smallest absolute Gasteiger partial charge is 0.250 e. The van der Waals surface area contributed by atoms with E-state index in [0.29, 0.717) is 24.2 Å². The number of fused-ring (bicyclic) bond motifs is 1. The van der Waals surface area contributed by atoms with Gasteiger partial charge in [0.15, 0.2) is 0 Å². The highest BCUT2D eigenvalue weighted by Crippen LogP contribution is 2.40. The highest BCUT2D eigenvalue weighted by Gasteiger charge is 2.32. The third-order valence-corrected chi connectivity index (χ3v) is 6.81. The molecule has 0 aliphatic carbocycles. The lowest BCUT2D eigenvalue weighted by molar-refractivity contribution is -0.130. The second kappa shape index (κ2) is 8.47. The number of rotatable bonds is 6. The zero-order valence-electron chi connectivity index (χ0n) is 20.1. The second-order valence-corrected chi connectivity index (χ2v) is 9.03. The fourth-order valence-electron chi connectivity index (χ4n) is 4.96. The van der Waals surface area contributed by atoms with Crippen LogP contribution in [0.3, 0.4) is 0 Å². The van der Waals surface area contributed by atoms with Crippen LogP contribution in [0.4, 0.5) is 11.4 Å². The fraction of sp³-hybridized carbons (Fsp3) is 0.222. The van der Waals surface area contributed by atoms with Gasteiger partial charge in [-0.3, -0.25) is 14.3 Å². The first-order valence-electron chi connectivity index (χ1n) is 11.5. The van der Waals surface area contributed by atoms with Crippen molar-refractivity contribution in [3.63, 3.8) is 0 Å². The molecule has 2 aromatic carbocycles. The van der Waals surface area contributed by atoms with Gasteiger partial charge in [0.2, 0.25) is 5.91 Å². The molecular weight excluding hydrogens is 440 g/mol. The van der Waals surface area contributed by atoms with Gasteiger partial charge in [-0.1, -0.05) is 24.8 Å². The van der Waals surface area contributed by atoms with E-state index < -0.39 is 5.91 Å². The van der Waals surface area contributed by atoms with Crippen LogP contribution in [-0.2, 0) is 11.8 Å². The molecule has 0 atom stereocenters. The molecule has 3 heterocycles. The summed E-state index contributed by atoms with van der Waals surface area (Å²) in [5, 5.41) is 5.35. The van der Waals surface area contributed by atoms with Crippen molar-refractivity contribution in [1.82, 2.24) is 19.7 Å². The number of benzene rings is 2. The molecule has 0 bridgehead atoms. The number of nitrogens with two attached hydrogens (primary N) is 1. The SMILES string of the molecule is C=CC(=O)N1CC(c2ccccc2N(C)c2ccc(C(N)=O)c3[nH]c(-c4cn(C)nc4C)cc23)C1. The highest BCUT2D eigenvalue weighted by atomic mass is 16.2. The molecule has 1 fully saturated rings. The molecule has 0 radical (unpaired) electrons. The van der Waals surface area contributed by atoms with Gasteiger partial charge in [-0.25, -0.2) is 0 Å². The number of amides is 2. The first-order chi connectivity index (χ1) is 16.8. The number of likely N-dealkylation sites (tertiary alicyclic amines) is 1. The summed E-state index contributed by atoms with van der Waals surface area (Å²) in [7, 11) is 3.90. The number of para-hydroxylation sites is 1. The fourth-order valence-corrected chi connectivity index (χ4v) is 4.96. The van der Waals surface area contributed by atoms with Gasteiger partial charge in [-0.2, -0.15) is 5.10 Å². The van der Waals surface area contributed by atoms with Crippen molar-refractivity contribution < 1.29 is 9.59 Å². The van der Waals surface area contributed by atoms with Crippen LogP contribution in [0.25, 0.3) is 22.2 Å². The molecule has 1 saturated heterocycles. The maximum absolute atomic E-state index is 12.2. The monoisotopic (exact) mass is 468 g/mol. The molecule has 0 unspecified atom stereocenters. The van der Waals surface area contributed by atoms with Crippen molar-refractivity contribution in [2.45, 2.75) is 12.8 Å². The summed E-state index contributed by atoms with van der Waals surface area (Å²) in [5.74, 6) is -0.276. The van der Waals surface area contributed by atoms with Crippen LogP contribution in [0.15, 0.2) is 61.3 Å². The molecule has 1 aliphatic rings. The number of carbonyl (C=O) groups excluding carboxylic acids is 2. The summed E-state index contributed by atoms with van der Waals surface area (Å²) in [6, 6.07) is 14.0. The van der Waals surface area contributed by atoms with Gasteiger partial charge in [0.25, 0.3) is 5.91 Å². The number of hydrogen-bond acceptors (Lipinski definition) is 4. The highest BCUT2D eigenvalue weighted by molar-refractivity contribution is 6.10. The average Bonchev–Trinajstić information content (AvgIpc) is 3.39. The molecule has 2 aromatic heterocycles. The number of aromatic amines is 1. The van der Waals surface area contributed by atoms with Gasteiger partial charge in [-0.05, 0) is 42.8 Å². The lowest BCUT2D eigenvalue weighted by Gasteiger charge is -2.40.